The first-order chi connectivity index (χ1) is 6.60. The van der Waals surface area contributed by atoms with Gasteiger partial charge in [0.2, 0.25) is 5.88 Å². The summed E-state index contributed by atoms with van der Waals surface area (Å²) in [6, 6.07) is 1.26. The number of methoxy groups -OCH3 is 2. The van der Waals surface area contributed by atoms with Crippen molar-refractivity contribution in [2.24, 2.45) is 0 Å². The zero-order valence-corrected chi connectivity index (χ0v) is 7.75. The third-order valence-electron chi connectivity index (χ3n) is 1.63. The van der Waals surface area contributed by atoms with Gasteiger partial charge >= 0.3 is 0 Å². The lowest BCUT2D eigenvalue weighted by molar-refractivity contribution is 0.140. The van der Waals surface area contributed by atoms with Crippen LogP contribution in [0.15, 0.2) is 6.07 Å². The molecule has 0 aliphatic rings. The van der Waals surface area contributed by atoms with Gasteiger partial charge in [0.15, 0.2) is 5.69 Å². The molecule has 0 aromatic carbocycles. The Morgan fingerprint density at radius 2 is 2.00 bits per heavy atom. The van der Waals surface area contributed by atoms with Crippen molar-refractivity contribution in [3.05, 3.63) is 11.8 Å². The van der Waals surface area contributed by atoms with E-state index in [0.29, 0.717) is 0 Å². The highest BCUT2D eigenvalue weighted by Gasteiger charge is 2.18. The number of rotatable bonds is 3. The van der Waals surface area contributed by atoms with E-state index in [4.69, 9.17) is 15.2 Å². The molecule has 0 atom stereocenters. The first kappa shape index (κ1) is 10.5. The summed E-state index contributed by atoms with van der Waals surface area (Å²) in [7, 11) is 2.58. The van der Waals surface area contributed by atoms with Crippen LogP contribution < -0.4 is 15.2 Å². The van der Waals surface area contributed by atoms with Crippen LogP contribution in [0.2, 0.25) is 0 Å². The smallest absolute Gasteiger partial charge is 0.284 e. The largest absolute Gasteiger partial charge is 0.495 e. The van der Waals surface area contributed by atoms with Crippen LogP contribution in [0.1, 0.15) is 12.1 Å². The van der Waals surface area contributed by atoms with Crippen LogP contribution in [0, 0.1) is 0 Å². The lowest BCUT2D eigenvalue weighted by Gasteiger charge is -2.10. The Morgan fingerprint density at radius 3 is 2.43 bits per heavy atom. The molecular formula is C8H10F2N2O2. The topological polar surface area (TPSA) is 57.4 Å². The lowest BCUT2D eigenvalue weighted by atomic mass is 10.3. The van der Waals surface area contributed by atoms with Gasteiger partial charge in [0.05, 0.1) is 19.9 Å². The molecule has 2 N–H and O–H groups in total. The van der Waals surface area contributed by atoms with E-state index in [1.807, 2.05) is 0 Å². The Bertz CT molecular complexity index is 331. The van der Waals surface area contributed by atoms with Crippen molar-refractivity contribution in [3.63, 3.8) is 0 Å². The highest BCUT2D eigenvalue weighted by Crippen LogP contribution is 2.32. The molecule has 0 saturated carbocycles. The van der Waals surface area contributed by atoms with Gasteiger partial charge < -0.3 is 15.2 Å². The Kier molecular flexibility index (Phi) is 3.06. The van der Waals surface area contributed by atoms with Crippen molar-refractivity contribution >= 4 is 5.69 Å². The Morgan fingerprint density at radius 1 is 1.36 bits per heavy atom. The molecule has 0 radical (unpaired) electrons. The van der Waals surface area contributed by atoms with Crippen molar-refractivity contribution < 1.29 is 18.3 Å². The molecule has 1 aromatic heterocycles. The molecule has 0 bridgehead atoms. The Balaban J connectivity index is 3.25. The molecule has 1 rings (SSSR count). The highest BCUT2D eigenvalue weighted by molar-refractivity contribution is 5.54. The lowest BCUT2D eigenvalue weighted by Crippen LogP contribution is -2.02. The summed E-state index contributed by atoms with van der Waals surface area (Å²) in [5.74, 6) is -0.0700. The second-order valence-corrected chi connectivity index (χ2v) is 2.48. The second-order valence-electron chi connectivity index (χ2n) is 2.48. The Hall–Kier alpha value is -1.59. The fourth-order valence-corrected chi connectivity index (χ4v) is 0.989. The first-order valence-corrected chi connectivity index (χ1v) is 3.76. The molecule has 0 unspecified atom stereocenters. The fraction of sp³-hybridized carbons (Fsp3) is 0.375. The van der Waals surface area contributed by atoms with Crippen molar-refractivity contribution in [3.8, 4) is 11.6 Å². The number of hydrogen-bond acceptors (Lipinski definition) is 4. The van der Waals surface area contributed by atoms with Crippen molar-refractivity contribution in [1.82, 2.24) is 4.98 Å². The molecule has 1 heterocycles. The molecule has 4 nitrogen and oxygen atoms in total. The van der Waals surface area contributed by atoms with Crippen molar-refractivity contribution in [1.29, 1.82) is 0 Å². The molecule has 1 aromatic rings. The minimum absolute atomic E-state index is 0.0268. The third kappa shape index (κ3) is 1.84. The molecule has 0 fully saturated rings. The van der Waals surface area contributed by atoms with Crippen LogP contribution in [0.4, 0.5) is 14.5 Å². The van der Waals surface area contributed by atoms with Crippen LogP contribution in [-0.2, 0) is 0 Å². The van der Waals surface area contributed by atoms with Crippen LogP contribution in [0.25, 0.3) is 0 Å². The molecule has 0 aliphatic carbocycles. The number of anilines is 1. The minimum atomic E-state index is -2.72. The predicted molar refractivity (Wildman–Crippen MR) is 46.7 cm³/mol. The number of nitrogen functional groups attached to an aromatic ring is 1. The summed E-state index contributed by atoms with van der Waals surface area (Å²) in [6.45, 7) is 0. The van der Waals surface area contributed by atoms with Gasteiger partial charge in [-0.3, -0.25) is 0 Å². The second kappa shape index (κ2) is 4.08. The van der Waals surface area contributed by atoms with Gasteiger partial charge in [0, 0.05) is 6.07 Å². The zero-order valence-electron chi connectivity index (χ0n) is 7.75. The number of halogens is 2. The highest BCUT2D eigenvalue weighted by atomic mass is 19.3. The van der Waals surface area contributed by atoms with Gasteiger partial charge in [-0.1, -0.05) is 0 Å². The van der Waals surface area contributed by atoms with E-state index in [0.717, 1.165) is 0 Å². The maximum absolute atomic E-state index is 12.4. The van der Waals surface area contributed by atoms with Crippen LogP contribution >= 0.6 is 0 Å². The van der Waals surface area contributed by atoms with Crippen LogP contribution in [-0.4, -0.2) is 19.2 Å². The monoisotopic (exact) mass is 204 g/mol. The van der Waals surface area contributed by atoms with Gasteiger partial charge in [-0.05, 0) is 0 Å². The Labute approximate surface area is 79.6 Å². The number of ether oxygens (including phenoxy) is 2. The van der Waals surface area contributed by atoms with Crippen molar-refractivity contribution in [2.75, 3.05) is 20.0 Å². The SMILES string of the molecule is COc1cc(N)c(OC)nc1C(F)F. The number of alkyl halides is 2. The summed E-state index contributed by atoms with van der Waals surface area (Å²) in [5.41, 5.74) is 5.15. The van der Waals surface area contributed by atoms with Gasteiger partial charge in [0.25, 0.3) is 6.43 Å². The maximum atomic E-state index is 12.4. The maximum Gasteiger partial charge on any atom is 0.284 e. The number of aromatic nitrogens is 1. The predicted octanol–water partition coefficient (Wildman–Crippen LogP) is 1.62. The average molecular weight is 204 g/mol. The summed E-state index contributed by atoms with van der Waals surface area (Å²) in [5, 5.41) is 0. The summed E-state index contributed by atoms with van der Waals surface area (Å²) in [4.78, 5) is 3.54. The average Bonchev–Trinajstić information content (AvgIpc) is 2.16. The molecule has 14 heavy (non-hydrogen) atoms. The molecule has 0 amide bonds. The standard InChI is InChI=1S/C8H10F2N2O2/c1-13-5-3-4(11)8(14-2)12-6(5)7(9)10/h3,7H,11H2,1-2H3. The number of nitrogens with two attached hydrogens (primary N) is 1. The van der Waals surface area contributed by atoms with Crippen LogP contribution in [0.3, 0.4) is 0 Å². The quantitative estimate of drug-likeness (QED) is 0.812. The van der Waals surface area contributed by atoms with Gasteiger partial charge in [-0.25, -0.2) is 13.8 Å². The van der Waals surface area contributed by atoms with Gasteiger partial charge in [-0.15, -0.1) is 0 Å². The molecule has 0 saturated heterocycles. The van der Waals surface area contributed by atoms with E-state index in [2.05, 4.69) is 4.98 Å². The van der Waals surface area contributed by atoms with Crippen LogP contribution in [0.5, 0.6) is 11.6 Å². The van der Waals surface area contributed by atoms with E-state index in [1.54, 1.807) is 0 Å². The van der Waals surface area contributed by atoms with Crippen molar-refractivity contribution in [2.45, 2.75) is 6.43 Å². The first-order valence-electron chi connectivity index (χ1n) is 3.76. The fourth-order valence-electron chi connectivity index (χ4n) is 0.989. The van der Waals surface area contributed by atoms with Gasteiger partial charge in [0.1, 0.15) is 5.75 Å². The zero-order chi connectivity index (χ0) is 10.7. The van der Waals surface area contributed by atoms with E-state index in [1.165, 1.54) is 20.3 Å². The molecule has 6 heteroatoms. The van der Waals surface area contributed by atoms with E-state index in [-0.39, 0.29) is 17.3 Å². The summed E-state index contributed by atoms with van der Waals surface area (Å²) >= 11 is 0. The van der Waals surface area contributed by atoms with Gasteiger partial charge in [-0.2, -0.15) is 0 Å². The molecule has 0 aliphatic heterocycles. The normalized spacial score (nSPS) is 10.4. The number of hydrogen-bond donors (Lipinski definition) is 1. The summed E-state index contributed by atoms with van der Waals surface area (Å²) in [6.07, 6.45) is -2.72. The third-order valence-corrected chi connectivity index (χ3v) is 1.63. The number of pyridine rings is 1. The number of nitrogens with zero attached hydrogens (tertiary/aromatic N) is 1. The molecule has 0 spiro atoms. The minimum Gasteiger partial charge on any atom is -0.495 e. The molecular weight excluding hydrogens is 194 g/mol. The van der Waals surface area contributed by atoms with E-state index in [9.17, 15) is 8.78 Å². The van der Waals surface area contributed by atoms with E-state index < -0.39 is 12.1 Å². The summed E-state index contributed by atoms with van der Waals surface area (Å²) < 4.78 is 34.3. The van der Waals surface area contributed by atoms with E-state index >= 15 is 0 Å². The molecule has 78 valence electrons.